The van der Waals surface area contributed by atoms with Gasteiger partial charge in [-0.1, -0.05) is 12.1 Å². The minimum absolute atomic E-state index is 0.0590. The van der Waals surface area contributed by atoms with Crippen molar-refractivity contribution in [1.29, 1.82) is 0 Å². The van der Waals surface area contributed by atoms with E-state index in [2.05, 4.69) is 5.32 Å². The molecule has 2 aromatic rings. The molecule has 0 spiro atoms. The van der Waals surface area contributed by atoms with Crippen LogP contribution in [-0.4, -0.2) is 23.9 Å². The Bertz CT molecular complexity index is 787. The predicted octanol–water partition coefficient (Wildman–Crippen LogP) is 3.26. The average molecular weight is 343 g/mol. The molecule has 0 aliphatic carbocycles. The smallest absolute Gasteiger partial charge is 0.293 e. The molecule has 3 rings (SSSR count). The molecule has 0 atom stereocenters. The van der Waals surface area contributed by atoms with Crippen LogP contribution >= 0.6 is 0 Å². The highest BCUT2D eigenvalue weighted by molar-refractivity contribution is 5.95. The zero-order valence-electron chi connectivity index (χ0n) is 13.6. The van der Waals surface area contributed by atoms with Crippen molar-refractivity contribution in [3.63, 3.8) is 0 Å². The lowest BCUT2D eigenvalue weighted by Gasteiger charge is -2.17. The van der Waals surface area contributed by atoms with Crippen LogP contribution in [-0.2, 0) is 6.54 Å². The van der Waals surface area contributed by atoms with Gasteiger partial charge in [0.2, 0.25) is 0 Å². The molecule has 1 N–H and O–H groups in total. The lowest BCUT2D eigenvalue weighted by atomic mass is 10.1. The van der Waals surface area contributed by atoms with Crippen molar-refractivity contribution in [2.45, 2.75) is 19.4 Å². The van der Waals surface area contributed by atoms with Crippen LogP contribution in [0.4, 0.5) is 15.8 Å². The van der Waals surface area contributed by atoms with Crippen LogP contribution in [0.3, 0.4) is 0 Å². The third-order valence-corrected chi connectivity index (χ3v) is 4.25. The molecule has 1 fully saturated rings. The van der Waals surface area contributed by atoms with Gasteiger partial charge in [0, 0.05) is 31.3 Å². The first kappa shape index (κ1) is 16.9. The first-order chi connectivity index (χ1) is 12.0. The number of nitrogens with one attached hydrogen (secondary N) is 1. The van der Waals surface area contributed by atoms with Crippen LogP contribution in [0.25, 0.3) is 0 Å². The van der Waals surface area contributed by atoms with Crippen LogP contribution in [0.5, 0.6) is 0 Å². The van der Waals surface area contributed by atoms with Crippen LogP contribution in [0.1, 0.15) is 28.8 Å². The lowest BCUT2D eigenvalue weighted by Crippen LogP contribution is -2.23. The molecule has 0 radical (unpaired) electrons. The van der Waals surface area contributed by atoms with E-state index in [0.29, 0.717) is 5.69 Å². The lowest BCUT2D eigenvalue weighted by molar-refractivity contribution is -0.384. The Kier molecular flexibility index (Phi) is 4.92. The van der Waals surface area contributed by atoms with E-state index in [9.17, 15) is 19.3 Å². The average Bonchev–Trinajstić information content (AvgIpc) is 3.15. The Morgan fingerprint density at radius 2 is 1.84 bits per heavy atom. The molecule has 0 unspecified atom stereocenters. The van der Waals surface area contributed by atoms with Gasteiger partial charge in [0.25, 0.3) is 11.6 Å². The molecule has 1 heterocycles. The summed E-state index contributed by atoms with van der Waals surface area (Å²) in [5.74, 6) is -0.747. The molecule has 0 saturated carbocycles. The zero-order valence-corrected chi connectivity index (χ0v) is 13.6. The maximum Gasteiger partial charge on any atom is 0.293 e. The highest BCUT2D eigenvalue weighted by Crippen LogP contribution is 2.31. The third kappa shape index (κ3) is 3.93. The van der Waals surface area contributed by atoms with Crippen molar-refractivity contribution in [2.75, 3.05) is 18.0 Å². The Morgan fingerprint density at radius 1 is 1.16 bits per heavy atom. The quantitative estimate of drug-likeness (QED) is 0.668. The minimum Gasteiger partial charge on any atom is -0.366 e. The fraction of sp³-hybridized carbons (Fsp3) is 0.278. The number of carbonyl (C=O) groups excluding carboxylic acids is 1. The van der Waals surface area contributed by atoms with E-state index >= 15 is 0 Å². The SMILES string of the molecule is O=C(NCc1ccc(F)cc1)c1ccc(N2CCCC2)c([N+](=O)[O-])c1. The predicted molar refractivity (Wildman–Crippen MR) is 92.1 cm³/mol. The number of hydrogen-bond donors (Lipinski definition) is 1. The van der Waals surface area contributed by atoms with Gasteiger partial charge in [-0.15, -0.1) is 0 Å². The van der Waals surface area contributed by atoms with Gasteiger partial charge >= 0.3 is 0 Å². The molecule has 1 saturated heterocycles. The number of nitro groups is 1. The number of rotatable bonds is 5. The van der Waals surface area contributed by atoms with E-state index < -0.39 is 10.8 Å². The molecule has 2 aromatic carbocycles. The first-order valence-corrected chi connectivity index (χ1v) is 8.10. The molecule has 25 heavy (non-hydrogen) atoms. The second-order valence-corrected chi connectivity index (χ2v) is 5.96. The summed E-state index contributed by atoms with van der Waals surface area (Å²) in [4.78, 5) is 25.2. The van der Waals surface area contributed by atoms with E-state index in [0.717, 1.165) is 31.5 Å². The summed E-state index contributed by atoms with van der Waals surface area (Å²) in [6.45, 7) is 1.80. The summed E-state index contributed by atoms with van der Waals surface area (Å²) in [5.41, 5.74) is 1.48. The summed E-state index contributed by atoms with van der Waals surface area (Å²) >= 11 is 0. The topological polar surface area (TPSA) is 75.5 Å². The fourth-order valence-corrected chi connectivity index (χ4v) is 2.92. The molecule has 7 heteroatoms. The highest BCUT2D eigenvalue weighted by atomic mass is 19.1. The van der Waals surface area contributed by atoms with E-state index in [1.807, 2.05) is 4.90 Å². The maximum absolute atomic E-state index is 12.9. The van der Waals surface area contributed by atoms with Gasteiger partial charge in [-0.2, -0.15) is 0 Å². The molecule has 1 aliphatic rings. The minimum atomic E-state index is -0.454. The molecular formula is C18H18FN3O3. The molecular weight excluding hydrogens is 325 g/mol. The van der Waals surface area contributed by atoms with E-state index in [1.54, 1.807) is 24.3 Å². The second-order valence-electron chi connectivity index (χ2n) is 5.96. The zero-order chi connectivity index (χ0) is 17.8. The number of halogens is 1. The third-order valence-electron chi connectivity index (χ3n) is 4.25. The van der Waals surface area contributed by atoms with Gasteiger partial charge in [0.15, 0.2) is 0 Å². The Hall–Kier alpha value is -2.96. The largest absolute Gasteiger partial charge is 0.366 e. The summed E-state index contributed by atoms with van der Waals surface area (Å²) in [5, 5.41) is 14.1. The van der Waals surface area contributed by atoms with Gasteiger partial charge < -0.3 is 10.2 Å². The van der Waals surface area contributed by atoms with Crippen LogP contribution < -0.4 is 10.2 Å². The van der Waals surface area contributed by atoms with E-state index in [4.69, 9.17) is 0 Å². The molecule has 1 amide bonds. The van der Waals surface area contributed by atoms with Crippen LogP contribution in [0.2, 0.25) is 0 Å². The molecule has 0 bridgehead atoms. The van der Waals surface area contributed by atoms with Crippen molar-refractivity contribution in [3.8, 4) is 0 Å². The molecule has 6 nitrogen and oxygen atoms in total. The number of amides is 1. The number of hydrogen-bond acceptors (Lipinski definition) is 4. The van der Waals surface area contributed by atoms with Gasteiger partial charge in [0.05, 0.1) is 4.92 Å². The maximum atomic E-state index is 12.9. The van der Waals surface area contributed by atoms with Gasteiger partial charge in [-0.25, -0.2) is 4.39 Å². The van der Waals surface area contributed by atoms with Crippen molar-refractivity contribution in [2.24, 2.45) is 0 Å². The highest BCUT2D eigenvalue weighted by Gasteiger charge is 2.23. The van der Waals surface area contributed by atoms with Gasteiger partial charge in [0.1, 0.15) is 11.5 Å². The van der Waals surface area contributed by atoms with Crippen LogP contribution in [0, 0.1) is 15.9 Å². The Morgan fingerprint density at radius 3 is 2.48 bits per heavy atom. The second kappa shape index (κ2) is 7.29. The standard InChI is InChI=1S/C18H18FN3O3/c19-15-6-3-13(4-7-15)12-20-18(23)14-5-8-16(17(11-14)22(24)25)21-9-1-2-10-21/h3-8,11H,1-2,9-10,12H2,(H,20,23). The number of carbonyl (C=O) groups is 1. The van der Waals surface area contributed by atoms with E-state index in [1.165, 1.54) is 18.2 Å². The van der Waals surface area contributed by atoms with Crippen molar-refractivity contribution in [3.05, 3.63) is 69.5 Å². The van der Waals surface area contributed by atoms with Crippen molar-refractivity contribution >= 4 is 17.3 Å². The summed E-state index contributed by atoms with van der Waals surface area (Å²) in [6.07, 6.45) is 2.02. The molecule has 0 aromatic heterocycles. The Balaban J connectivity index is 1.74. The van der Waals surface area contributed by atoms with Crippen LogP contribution in [0.15, 0.2) is 42.5 Å². The van der Waals surface area contributed by atoms with E-state index in [-0.39, 0.29) is 23.6 Å². The van der Waals surface area contributed by atoms with Gasteiger partial charge in [-0.3, -0.25) is 14.9 Å². The number of nitro benzene ring substituents is 1. The first-order valence-electron chi connectivity index (χ1n) is 8.10. The summed E-state index contributed by atoms with van der Waals surface area (Å²) in [7, 11) is 0. The fourth-order valence-electron chi connectivity index (χ4n) is 2.92. The van der Waals surface area contributed by atoms with Crippen molar-refractivity contribution < 1.29 is 14.1 Å². The number of benzene rings is 2. The summed E-state index contributed by atoms with van der Waals surface area (Å²) in [6, 6.07) is 10.3. The Labute approximate surface area is 144 Å². The summed E-state index contributed by atoms with van der Waals surface area (Å²) < 4.78 is 12.9. The number of anilines is 1. The van der Waals surface area contributed by atoms with Crippen molar-refractivity contribution in [1.82, 2.24) is 5.32 Å². The molecule has 1 aliphatic heterocycles. The number of nitrogens with zero attached hydrogens (tertiary/aromatic N) is 2. The monoisotopic (exact) mass is 343 g/mol. The van der Waals surface area contributed by atoms with Gasteiger partial charge in [-0.05, 0) is 42.7 Å². The molecule has 130 valence electrons. The normalized spacial score (nSPS) is 13.7.